The largest absolute Gasteiger partial charge is 0.354 e. The fourth-order valence-corrected chi connectivity index (χ4v) is 2.61. The van der Waals surface area contributed by atoms with Gasteiger partial charge in [-0.1, -0.05) is 12.1 Å². The minimum absolute atomic E-state index is 0.713. The second kappa shape index (κ2) is 4.51. The molecule has 0 saturated carbocycles. The monoisotopic (exact) mass is 246 g/mol. The summed E-state index contributed by atoms with van der Waals surface area (Å²) in [5.74, 6) is 1.65. The SMILES string of the molecule is CCn1nnc2c(N3CCC[C@@H](C)C3)ncnc21. The van der Waals surface area contributed by atoms with Crippen LogP contribution in [0, 0.1) is 5.92 Å². The number of fused-ring (bicyclic) bond motifs is 1. The van der Waals surface area contributed by atoms with Crippen molar-refractivity contribution in [3.8, 4) is 0 Å². The molecule has 96 valence electrons. The van der Waals surface area contributed by atoms with Crippen molar-refractivity contribution in [3.63, 3.8) is 0 Å². The number of anilines is 1. The Labute approximate surface area is 106 Å². The molecule has 1 atom stereocenters. The molecule has 0 unspecified atom stereocenters. The summed E-state index contributed by atoms with van der Waals surface area (Å²) in [4.78, 5) is 11.0. The van der Waals surface area contributed by atoms with Crippen LogP contribution in [0.5, 0.6) is 0 Å². The van der Waals surface area contributed by atoms with Crippen LogP contribution in [0.15, 0.2) is 6.33 Å². The second-order valence-electron chi connectivity index (χ2n) is 4.97. The quantitative estimate of drug-likeness (QED) is 0.803. The number of hydrogen-bond donors (Lipinski definition) is 0. The zero-order valence-corrected chi connectivity index (χ0v) is 10.9. The van der Waals surface area contributed by atoms with Crippen molar-refractivity contribution in [3.05, 3.63) is 6.33 Å². The molecule has 18 heavy (non-hydrogen) atoms. The zero-order valence-electron chi connectivity index (χ0n) is 10.9. The Morgan fingerprint density at radius 3 is 3.06 bits per heavy atom. The van der Waals surface area contributed by atoms with Gasteiger partial charge in [0, 0.05) is 19.6 Å². The molecule has 6 nitrogen and oxygen atoms in total. The lowest BCUT2D eigenvalue weighted by atomic mass is 10.0. The molecule has 1 saturated heterocycles. The van der Waals surface area contributed by atoms with Gasteiger partial charge in [-0.15, -0.1) is 5.10 Å². The highest BCUT2D eigenvalue weighted by Crippen LogP contribution is 2.25. The van der Waals surface area contributed by atoms with Crippen molar-refractivity contribution < 1.29 is 0 Å². The number of rotatable bonds is 2. The van der Waals surface area contributed by atoms with E-state index in [1.165, 1.54) is 12.8 Å². The predicted octanol–water partition coefficient (Wildman–Crippen LogP) is 1.48. The van der Waals surface area contributed by atoms with Gasteiger partial charge in [0.25, 0.3) is 0 Å². The van der Waals surface area contributed by atoms with Crippen LogP contribution in [0.4, 0.5) is 5.82 Å². The van der Waals surface area contributed by atoms with E-state index in [-0.39, 0.29) is 0 Å². The summed E-state index contributed by atoms with van der Waals surface area (Å²) in [5.41, 5.74) is 1.66. The molecule has 1 aliphatic rings. The van der Waals surface area contributed by atoms with Crippen LogP contribution < -0.4 is 4.90 Å². The average Bonchev–Trinajstić information content (AvgIpc) is 2.81. The van der Waals surface area contributed by atoms with E-state index in [1.807, 2.05) is 11.6 Å². The maximum absolute atomic E-state index is 4.41. The summed E-state index contributed by atoms with van der Waals surface area (Å²) >= 11 is 0. The highest BCUT2D eigenvalue weighted by atomic mass is 15.4. The minimum atomic E-state index is 0.713. The molecule has 3 rings (SSSR count). The molecule has 6 heteroatoms. The van der Waals surface area contributed by atoms with E-state index in [9.17, 15) is 0 Å². The zero-order chi connectivity index (χ0) is 12.5. The van der Waals surface area contributed by atoms with Gasteiger partial charge in [-0.25, -0.2) is 14.6 Å². The van der Waals surface area contributed by atoms with E-state index in [0.29, 0.717) is 5.92 Å². The van der Waals surface area contributed by atoms with E-state index >= 15 is 0 Å². The lowest BCUT2D eigenvalue weighted by Crippen LogP contribution is -2.35. The molecule has 2 aromatic heterocycles. The summed E-state index contributed by atoms with van der Waals surface area (Å²) in [7, 11) is 0. The van der Waals surface area contributed by atoms with Crippen molar-refractivity contribution in [1.29, 1.82) is 0 Å². The third-order valence-corrected chi connectivity index (χ3v) is 3.54. The van der Waals surface area contributed by atoms with Crippen molar-refractivity contribution >= 4 is 17.0 Å². The highest BCUT2D eigenvalue weighted by Gasteiger charge is 2.21. The molecule has 0 aromatic carbocycles. The smallest absolute Gasteiger partial charge is 0.183 e. The number of hydrogen-bond acceptors (Lipinski definition) is 5. The Hall–Kier alpha value is -1.72. The maximum atomic E-state index is 4.41. The van der Waals surface area contributed by atoms with E-state index in [2.05, 4.69) is 32.1 Å². The summed E-state index contributed by atoms with van der Waals surface area (Å²) < 4.78 is 1.81. The minimum Gasteiger partial charge on any atom is -0.354 e. The molecule has 2 aromatic rings. The van der Waals surface area contributed by atoms with Gasteiger partial charge < -0.3 is 4.90 Å². The molecular weight excluding hydrogens is 228 g/mol. The van der Waals surface area contributed by atoms with Crippen LogP contribution >= 0.6 is 0 Å². The average molecular weight is 246 g/mol. The van der Waals surface area contributed by atoms with Crippen molar-refractivity contribution in [2.24, 2.45) is 5.92 Å². The topological polar surface area (TPSA) is 59.7 Å². The van der Waals surface area contributed by atoms with E-state index in [4.69, 9.17) is 0 Å². The highest BCUT2D eigenvalue weighted by molar-refractivity contribution is 5.82. The van der Waals surface area contributed by atoms with Crippen LogP contribution in [0.3, 0.4) is 0 Å². The molecule has 0 radical (unpaired) electrons. The van der Waals surface area contributed by atoms with Gasteiger partial charge in [-0.3, -0.25) is 0 Å². The van der Waals surface area contributed by atoms with Crippen LogP contribution in [0.2, 0.25) is 0 Å². The summed E-state index contributed by atoms with van der Waals surface area (Å²) in [6, 6.07) is 0. The maximum Gasteiger partial charge on any atom is 0.183 e. The van der Waals surface area contributed by atoms with E-state index < -0.39 is 0 Å². The predicted molar refractivity (Wildman–Crippen MR) is 69.4 cm³/mol. The number of aromatic nitrogens is 5. The molecule has 1 aliphatic heterocycles. The third-order valence-electron chi connectivity index (χ3n) is 3.54. The molecule has 0 N–H and O–H groups in total. The van der Waals surface area contributed by atoms with Gasteiger partial charge in [0.05, 0.1) is 0 Å². The first-order chi connectivity index (χ1) is 8.79. The van der Waals surface area contributed by atoms with Crippen molar-refractivity contribution in [2.75, 3.05) is 18.0 Å². The van der Waals surface area contributed by atoms with Gasteiger partial charge in [-0.05, 0) is 25.7 Å². The fraction of sp³-hybridized carbons (Fsp3) is 0.667. The third kappa shape index (κ3) is 1.81. The van der Waals surface area contributed by atoms with Gasteiger partial charge in [-0.2, -0.15) is 0 Å². The Bertz CT molecular complexity index is 548. The molecule has 0 amide bonds. The van der Waals surface area contributed by atoms with Gasteiger partial charge in [0.2, 0.25) is 0 Å². The standard InChI is InChI=1S/C12H18N6/c1-3-18-12-10(15-16-18)11(13-8-14-12)17-6-4-5-9(2)7-17/h8-9H,3-7H2,1-2H3/t9-/m1/s1. The number of piperidine rings is 1. The van der Waals surface area contributed by atoms with Gasteiger partial charge in [0.1, 0.15) is 6.33 Å². The first-order valence-corrected chi connectivity index (χ1v) is 6.58. The Morgan fingerprint density at radius 1 is 1.39 bits per heavy atom. The molecule has 1 fully saturated rings. The van der Waals surface area contributed by atoms with Crippen molar-refractivity contribution in [2.45, 2.75) is 33.2 Å². The van der Waals surface area contributed by atoms with E-state index in [1.54, 1.807) is 6.33 Å². The van der Waals surface area contributed by atoms with Crippen molar-refractivity contribution in [1.82, 2.24) is 25.0 Å². The van der Waals surface area contributed by atoms with Crippen LogP contribution in [0.25, 0.3) is 11.2 Å². The number of nitrogens with zero attached hydrogens (tertiary/aromatic N) is 6. The first kappa shape index (κ1) is 11.4. The molecular formula is C12H18N6. The second-order valence-corrected chi connectivity index (χ2v) is 4.97. The summed E-state index contributed by atoms with van der Waals surface area (Å²) in [5, 5.41) is 8.36. The fourth-order valence-electron chi connectivity index (χ4n) is 2.61. The van der Waals surface area contributed by atoms with Gasteiger partial charge >= 0.3 is 0 Å². The molecule has 3 heterocycles. The molecule has 0 bridgehead atoms. The first-order valence-electron chi connectivity index (χ1n) is 6.58. The van der Waals surface area contributed by atoms with Gasteiger partial charge in [0.15, 0.2) is 17.0 Å². The Morgan fingerprint density at radius 2 is 2.28 bits per heavy atom. The van der Waals surface area contributed by atoms with Crippen LogP contribution in [0.1, 0.15) is 26.7 Å². The molecule has 0 aliphatic carbocycles. The lowest BCUT2D eigenvalue weighted by Gasteiger charge is -2.31. The normalized spacial score (nSPS) is 20.6. The van der Waals surface area contributed by atoms with Crippen LogP contribution in [-0.4, -0.2) is 38.1 Å². The van der Waals surface area contributed by atoms with Crippen LogP contribution in [-0.2, 0) is 6.54 Å². The molecule has 0 spiro atoms. The summed E-state index contributed by atoms with van der Waals surface area (Å²) in [6.45, 7) is 7.20. The Kier molecular flexibility index (Phi) is 2.85. The number of aryl methyl sites for hydroxylation is 1. The Balaban J connectivity index is 2.03. The van der Waals surface area contributed by atoms with E-state index in [0.717, 1.165) is 36.6 Å². The lowest BCUT2D eigenvalue weighted by molar-refractivity contribution is 0.445. The summed E-state index contributed by atoms with van der Waals surface area (Å²) in [6.07, 6.45) is 4.13.